The molecular formula is C25H33N7O2S. The molecule has 5 rings (SSSR count). The fraction of sp³-hybridized carbons (Fsp3) is 0.520. The Bertz CT molecular complexity index is 1270. The highest BCUT2D eigenvalue weighted by atomic mass is 32.1. The van der Waals surface area contributed by atoms with Crippen molar-refractivity contribution >= 4 is 39.1 Å². The average Bonchev–Trinajstić information content (AvgIpc) is 3.32. The number of nitrogen functional groups attached to an aromatic ring is 1. The van der Waals surface area contributed by atoms with Crippen LogP contribution < -0.4 is 21.7 Å². The van der Waals surface area contributed by atoms with Crippen LogP contribution in [-0.4, -0.2) is 58.2 Å². The van der Waals surface area contributed by atoms with Crippen molar-refractivity contribution in [3.63, 3.8) is 0 Å². The fourth-order valence-corrected chi connectivity index (χ4v) is 6.24. The van der Waals surface area contributed by atoms with E-state index in [1.165, 1.54) is 11.3 Å². The second kappa shape index (κ2) is 9.33. The Morgan fingerprint density at radius 2 is 2.09 bits per heavy atom. The number of carbonyl (C=O) groups is 1. The molecule has 1 fully saturated rings. The van der Waals surface area contributed by atoms with Crippen molar-refractivity contribution in [3.8, 4) is 0 Å². The zero-order valence-corrected chi connectivity index (χ0v) is 21.5. The van der Waals surface area contributed by atoms with Crippen LogP contribution in [0.5, 0.6) is 0 Å². The molecule has 0 spiro atoms. The Balaban J connectivity index is 1.27. The van der Waals surface area contributed by atoms with E-state index in [0.717, 1.165) is 45.6 Å². The molecule has 4 heterocycles. The predicted octanol–water partition coefficient (Wildman–Crippen LogP) is 2.51. The Kier molecular flexibility index (Phi) is 6.37. The van der Waals surface area contributed by atoms with Crippen molar-refractivity contribution in [1.82, 2.24) is 20.3 Å². The van der Waals surface area contributed by atoms with Crippen LogP contribution in [0.2, 0.25) is 0 Å². The van der Waals surface area contributed by atoms with E-state index >= 15 is 0 Å². The van der Waals surface area contributed by atoms with Gasteiger partial charge in [0, 0.05) is 42.1 Å². The van der Waals surface area contributed by atoms with Gasteiger partial charge in [-0.1, -0.05) is 0 Å². The van der Waals surface area contributed by atoms with Crippen molar-refractivity contribution in [2.75, 3.05) is 23.7 Å². The maximum absolute atomic E-state index is 13.1. The third-order valence-corrected chi connectivity index (χ3v) is 7.84. The molecule has 3 aromatic rings. The minimum Gasteiger partial charge on any atom is -0.397 e. The zero-order chi connectivity index (χ0) is 24.9. The lowest BCUT2D eigenvalue weighted by Gasteiger charge is -2.26. The van der Waals surface area contributed by atoms with Crippen LogP contribution in [0, 0.1) is 13.8 Å². The summed E-state index contributed by atoms with van der Waals surface area (Å²) in [5.74, 6) is 0.559. The van der Waals surface area contributed by atoms with Crippen LogP contribution in [0.15, 0.2) is 12.3 Å². The molecule has 2 aliphatic rings. The molecule has 5 N–H and O–H groups in total. The molecule has 1 aliphatic heterocycles. The zero-order valence-electron chi connectivity index (χ0n) is 20.7. The number of rotatable bonds is 5. The number of aromatic nitrogens is 3. The molecule has 3 aromatic heterocycles. The molecule has 9 nitrogen and oxygen atoms in total. The predicted molar refractivity (Wildman–Crippen MR) is 139 cm³/mol. The molecule has 10 heteroatoms. The van der Waals surface area contributed by atoms with Gasteiger partial charge in [0.15, 0.2) is 0 Å². The van der Waals surface area contributed by atoms with Gasteiger partial charge >= 0.3 is 0 Å². The largest absolute Gasteiger partial charge is 0.397 e. The Morgan fingerprint density at radius 1 is 1.29 bits per heavy atom. The van der Waals surface area contributed by atoms with E-state index < -0.39 is 0 Å². The standard InChI is InChI=1S/C25H33N7O2S/c1-12(2)34-19-11-32(10-17(19)26)25-28-9-15-8-16(5-6-18(15)31-25)30-23(33)22-21(27)20-13(3)7-14(4)29-24(20)35-22/h7,9,12,16-17,19H,5-6,8,10-11,26-27H2,1-4H3,(H,30,33)/t16-,17+,19+/m1/s1. The monoisotopic (exact) mass is 495 g/mol. The van der Waals surface area contributed by atoms with Crippen LogP contribution in [-0.2, 0) is 17.6 Å². The van der Waals surface area contributed by atoms with E-state index in [0.29, 0.717) is 36.0 Å². The lowest BCUT2D eigenvalue weighted by molar-refractivity contribution is 0.0127. The highest BCUT2D eigenvalue weighted by molar-refractivity contribution is 7.21. The maximum atomic E-state index is 13.1. The van der Waals surface area contributed by atoms with E-state index in [9.17, 15) is 4.79 Å². The molecular weight excluding hydrogens is 462 g/mol. The number of nitrogens with two attached hydrogens (primary N) is 2. The Morgan fingerprint density at radius 3 is 2.86 bits per heavy atom. The number of ether oxygens (including phenoxy) is 1. The second-order valence-electron chi connectivity index (χ2n) is 9.95. The quantitative estimate of drug-likeness (QED) is 0.492. The van der Waals surface area contributed by atoms with E-state index in [1.807, 2.05) is 40.0 Å². The van der Waals surface area contributed by atoms with E-state index in [-0.39, 0.29) is 30.2 Å². The first-order valence-electron chi connectivity index (χ1n) is 12.2. The molecule has 35 heavy (non-hydrogen) atoms. The maximum Gasteiger partial charge on any atom is 0.263 e. The lowest BCUT2D eigenvalue weighted by Crippen LogP contribution is -2.39. The van der Waals surface area contributed by atoms with Gasteiger partial charge in [0.05, 0.1) is 23.9 Å². The topological polar surface area (TPSA) is 132 Å². The van der Waals surface area contributed by atoms with Gasteiger partial charge in [-0.2, -0.15) is 0 Å². The molecule has 0 bridgehead atoms. The summed E-state index contributed by atoms with van der Waals surface area (Å²) < 4.78 is 5.94. The summed E-state index contributed by atoms with van der Waals surface area (Å²) in [5, 5.41) is 4.05. The van der Waals surface area contributed by atoms with Gasteiger partial charge < -0.3 is 26.4 Å². The van der Waals surface area contributed by atoms with E-state index in [4.69, 9.17) is 21.2 Å². The SMILES string of the molecule is Cc1cc(C)c2c(N)c(C(=O)N[C@@H]3CCc4nc(N5C[C@H](OC(C)C)[C@@H](N)C5)ncc4C3)sc2n1. The van der Waals surface area contributed by atoms with Crippen LogP contribution in [0.25, 0.3) is 10.2 Å². The third kappa shape index (κ3) is 4.70. The van der Waals surface area contributed by atoms with Crippen LogP contribution in [0.4, 0.5) is 11.6 Å². The number of anilines is 2. The number of hydrogen-bond donors (Lipinski definition) is 3. The first-order chi connectivity index (χ1) is 16.7. The number of pyridine rings is 1. The van der Waals surface area contributed by atoms with Crippen molar-refractivity contribution in [2.24, 2.45) is 5.73 Å². The highest BCUT2D eigenvalue weighted by Crippen LogP contribution is 2.35. The Hall–Kier alpha value is -2.82. The lowest BCUT2D eigenvalue weighted by atomic mass is 9.93. The third-order valence-electron chi connectivity index (χ3n) is 6.74. The first-order valence-corrected chi connectivity index (χ1v) is 13.0. The van der Waals surface area contributed by atoms with Gasteiger partial charge in [0.1, 0.15) is 9.71 Å². The number of thiophene rings is 1. The van der Waals surface area contributed by atoms with Crippen molar-refractivity contribution in [2.45, 2.75) is 71.2 Å². The molecule has 1 amide bonds. The second-order valence-corrected chi connectivity index (χ2v) is 11.0. The molecule has 0 aromatic carbocycles. The summed E-state index contributed by atoms with van der Waals surface area (Å²) in [4.78, 5) is 30.6. The fourth-order valence-electron chi connectivity index (χ4n) is 5.12. The number of amides is 1. The summed E-state index contributed by atoms with van der Waals surface area (Å²) in [7, 11) is 0. The molecule has 0 radical (unpaired) electrons. The molecule has 186 valence electrons. The normalized spacial score (nSPS) is 22.1. The van der Waals surface area contributed by atoms with Crippen LogP contribution in [0.1, 0.15) is 52.5 Å². The summed E-state index contributed by atoms with van der Waals surface area (Å²) in [5.41, 5.74) is 17.2. The van der Waals surface area contributed by atoms with E-state index in [1.54, 1.807) is 0 Å². The number of hydrogen-bond acceptors (Lipinski definition) is 9. The van der Waals surface area contributed by atoms with Crippen molar-refractivity contribution < 1.29 is 9.53 Å². The summed E-state index contributed by atoms with van der Waals surface area (Å²) >= 11 is 1.36. The van der Waals surface area contributed by atoms with Gasteiger partial charge in [-0.05, 0) is 64.2 Å². The van der Waals surface area contributed by atoms with Crippen molar-refractivity contribution in [1.29, 1.82) is 0 Å². The summed E-state index contributed by atoms with van der Waals surface area (Å²) in [6.07, 6.45) is 4.30. The number of carbonyl (C=O) groups excluding carboxylic acids is 1. The molecule has 3 atom stereocenters. The minimum atomic E-state index is -0.143. The smallest absolute Gasteiger partial charge is 0.263 e. The minimum absolute atomic E-state index is 0.00823. The first kappa shape index (κ1) is 23.9. The van der Waals surface area contributed by atoms with Gasteiger partial charge in [-0.3, -0.25) is 4.79 Å². The molecule has 0 unspecified atom stereocenters. The highest BCUT2D eigenvalue weighted by Gasteiger charge is 2.33. The van der Waals surface area contributed by atoms with Crippen LogP contribution in [0.3, 0.4) is 0 Å². The van der Waals surface area contributed by atoms with Crippen molar-refractivity contribution in [3.05, 3.63) is 39.7 Å². The molecule has 1 saturated heterocycles. The van der Waals surface area contributed by atoms with Gasteiger partial charge in [-0.15, -0.1) is 11.3 Å². The van der Waals surface area contributed by atoms with E-state index in [2.05, 4.69) is 20.2 Å². The number of nitrogens with one attached hydrogen (secondary N) is 1. The number of aryl methyl sites for hydroxylation is 3. The summed E-state index contributed by atoms with van der Waals surface area (Å²) in [6.45, 7) is 9.37. The van der Waals surface area contributed by atoms with Crippen LogP contribution >= 0.6 is 11.3 Å². The van der Waals surface area contributed by atoms with Gasteiger partial charge in [-0.25, -0.2) is 15.0 Å². The number of fused-ring (bicyclic) bond motifs is 2. The summed E-state index contributed by atoms with van der Waals surface area (Å²) in [6, 6.07) is 1.95. The number of nitrogens with zero attached hydrogens (tertiary/aromatic N) is 4. The van der Waals surface area contributed by atoms with Gasteiger partial charge in [0.2, 0.25) is 5.95 Å². The molecule has 1 aliphatic carbocycles. The average molecular weight is 496 g/mol. The molecule has 0 saturated carbocycles. The van der Waals surface area contributed by atoms with Gasteiger partial charge in [0.25, 0.3) is 5.91 Å². The Labute approximate surface area is 209 Å².